The molecule has 2 aromatic carbocycles. The third kappa shape index (κ3) is 6.12. The van der Waals surface area contributed by atoms with E-state index in [2.05, 4.69) is 5.32 Å². The zero-order valence-electron chi connectivity index (χ0n) is 16.8. The predicted molar refractivity (Wildman–Crippen MR) is 109 cm³/mol. The van der Waals surface area contributed by atoms with Crippen LogP contribution in [0.2, 0.25) is 0 Å². The molecule has 0 heterocycles. The Kier molecular flexibility index (Phi) is 7.35. The average molecular weight is 444 g/mol. The number of carbonyl (C=O) groups is 1. The molecule has 0 aromatic heterocycles. The number of nitrogens with one attached hydrogen (secondary N) is 1. The van der Waals surface area contributed by atoms with Crippen molar-refractivity contribution in [3.8, 4) is 5.75 Å². The molecule has 0 bridgehead atoms. The first-order valence-corrected chi connectivity index (χ1v) is 11.0. The molecule has 2 aromatic rings. The molecule has 0 unspecified atom stereocenters. The van der Waals surface area contributed by atoms with E-state index in [1.165, 1.54) is 0 Å². The van der Waals surface area contributed by atoms with Crippen LogP contribution in [0.25, 0.3) is 0 Å². The number of ether oxygens (including phenoxy) is 1. The fourth-order valence-corrected chi connectivity index (χ4v) is 3.60. The molecular formula is C20H23F3N2O4S. The van der Waals surface area contributed by atoms with E-state index in [1.54, 1.807) is 31.2 Å². The molecule has 0 atom stereocenters. The van der Waals surface area contributed by atoms with Gasteiger partial charge in [0, 0.05) is 0 Å². The first-order valence-electron chi connectivity index (χ1n) is 9.10. The lowest BCUT2D eigenvalue weighted by Crippen LogP contribution is -2.38. The number of hydrogen-bond acceptors (Lipinski definition) is 4. The molecular weight excluding hydrogens is 421 g/mol. The molecule has 1 amide bonds. The van der Waals surface area contributed by atoms with E-state index < -0.39 is 34.2 Å². The van der Waals surface area contributed by atoms with Gasteiger partial charge in [-0.2, -0.15) is 13.2 Å². The second kappa shape index (κ2) is 9.38. The van der Waals surface area contributed by atoms with Crippen LogP contribution < -0.4 is 14.4 Å². The van der Waals surface area contributed by atoms with Crippen molar-refractivity contribution in [2.24, 2.45) is 0 Å². The van der Waals surface area contributed by atoms with Crippen molar-refractivity contribution in [2.75, 3.05) is 29.0 Å². The molecule has 30 heavy (non-hydrogen) atoms. The SMILES string of the molecule is CCCOc1ccc(C(F)(F)F)cc1NC(=O)CN(c1ccccc1C)S(C)(=O)=O. The highest BCUT2D eigenvalue weighted by atomic mass is 32.2. The smallest absolute Gasteiger partial charge is 0.416 e. The maximum atomic E-state index is 13.1. The minimum absolute atomic E-state index is 0.0694. The van der Waals surface area contributed by atoms with Crippen molar-refractivity contribution in [3.63, 3.8) is 0 Å². The van der Waals surface area contributed by atoms with Crippen LogP contribution in [0.3, 0.4) is 0 Å². The number of amides is 1. The highest BCUT2D eigenvalue weighted by Gasteiger charge is 2.31. The van der Waals surface area contributed by atoms with Crippen molar-refractivity contribution >= 4 is 27.3 Å². The number of carbonyl (C=O) groups excluding carboxylic acids is 1. The number of alkyl halides is 3. The van der Waals surface area contributed by atoms with Crippen LogP contribution in [0.5, 0.6) is 5.75 Å². The Morgan fingerprint density at radius 3 is 2.40 bits per heavy atom. The molecule has 164 valence electrons. The summed E-state index contributed by atoms with van der Waals surface area (Å²) >= 11 is 0. The Hall–Kier alpha value is -2.75. The summed E-state index contributed by atoms with van der Waals surface area (Å²) in [6, 6.07) is 9.34. The average Bonchev–Trinajstić information content (AvgIpc) is 2.64. The first kappa shape index (κ1) is 23.5. The topological polar surface area (TPSA) is 75.7 Å². The van der Waals surface area contributed by atoms with Gasteiger partial charge in [0.15, 0.2) is 0 Å². The van der Waals surface area contributed by atoms with Crippen LogP contribution in [-0.2, 0) is 21.0 Å². The van der Waals surface area contributed by atoms with Gasteiger partial charge in [-0.1, -0.05) is 25.1 Å². The van der Waals surface area contributed by atoms with Crippen LogP contribution >= 0.6 is 0 Å². The van der Waals surface area contributed by atoms with Crippen LogP contribution in [0.4, 0.5) is 24.5 Å². The second-order valence-corrected chi connectivity index (χ2v) is 8.57. The molecule has 0 aliphatic carbocycles. The molecule has 0 saturated heterocycles. The fraction of sp³-hybridized carbons (Fsp3) is 0.350. The summed E-state index contributed by atoms with van der Waals surface area (Å²) in [4.78, 5) is 12.6. The van der Waals surface area contributed by atoms with Gasteiger partial charge in [0.25, 0.3) is 0 Å². The third-order valence-electron chi connectivity index (χ3n) is 4.11. The normalized spacial score (nSPS) is 11.8. The number of nitrogens with zero attached hydrogens (tertiary/aromatic N) is 1. The Labute approximate surface area is 173 Å². The van der Waals surface area contributed by atoms with Crippen molar-refractivity contribution in [1.82, 2.24) is 0 Å². The van der Waals surface area contributed by atoms with Crippen LogP contribution in [0.1, 0.15) is 24.5 Å². The Balaban J connectivity index is 2.33. The molecule has 1 N–H and O–H groups in total. The highest BCUT2D eigenvalue weighted by molar-refractivity contribution is 7.92. The molecule has 0 fully saturated rings. The van der Waals surface area contributed by atoms with Gasteiger partial charge in [0.05, 0.1) is 29.8 Å². The van der Waals surface area contributed by atoms with Gasteiger partial charge >= 0.3 is 6.18 Å². The number of anilines is 2. The van der Waals surface area contributed by atoms with Crippen molar-refractivity contribution in [3.05, 3.63) is 53.6 Å². The standard InChI is InChI=1S/C20H23F3N2O4S/c1-4-11-29-18-10-9-15(20(21,22)23)12-16(18)24-19(26)13-25(30(3,27)28)17-8-6-5-7-14(17)2/h5-10,12H,4,11,13H2,1-3H3,(H,24,26). The molecule has 0 radical (unpaired) electrons. The largest absolute Gasteiger partial charge is 0.491 e. The van der Waals surface area contributed by atoms with E-state index in [-0.39, 0.29) is 18.0 Å². The molecule has 10 heteroatoms. The van der Waals surface area contributed by atoms with Gasteiger partial charge in [-0.25, -0.2) is 8.42 Å². The van der Waals surface area contributed by atoms with E-state index in [1.807, 2.05) is 6.92 Å². The summed E-state index contributed by atoms with van der Waals surface area (Å²) in [6.07, 6.45) is -3.04. The fourth-order valence-electron chi connectivity index (χ4n) is 2.69. The summed E-state index contributed by atoms with van der Waals surface area (Å²) in [7, 11) is -3.82. The predicted octanol–water partition coefficient (Wildman–Crippen LogP) is 4.21. The first-order chi connectivity index (χ1) is 13.9. The van der Waals surface area contributed by atoms with E-state index in [4.69, 9.17) is 4.74 Å². The van der Waals surface area contributed by atoms with Crippen molar-refractivity contribution < 1.29 is 31.1 Å². The summed E-state index contributed by atoms with van der Waals surface area (Å²) in [6.45, 7) is 3.16. The van der Waals surface area contributed by atoms with Gasteiger partial charge < -0.3 is 10.1 Å². The number of rotatable bonds is 8. The van der Waals surface area contributed by atoms with E-state index in [0.29, 0.717) is 17.7 Å². The van der Waals surface area contributed by atoms with Crippen LogP contribution in [0.15, 0.2) is 42.5 Å². The Bertz CT molecular complexity index is 1010. The highest BCUT2D eigenvalue weighted by Crippen LogP contribution is 2.35. The number of aryl methyl sites for hydroxylation is 1. The summed E-state index contributed by atoms with van der Waals surface area (Å²) < 4.78 is 70.0. The molecule has 0 aliphatic heterocycles. The van der Waals surface area contributed by atoms with Crippen LogP contribution in [0, 0.1) is 6.92 Å². The molecule has 0 aliphatic rings. The second-order valence-electron chi connectivity index (χ2n) is 6.66. The molecule has 0 spiro atoms. The van der Waals surface area contributed by atoms with E-state index in [9.17, 15) is 26.4 Å². The van der Waals surface area contributed by atoms with Gasteiger partial charge in [-0.05, 0) is 43.2 Å². The van der Waals surface area contributed by atoms with Crippen molar-refractivity contribution in [1.29, 1.82) is 0 Å². The zero-order valence-corrected chi connectivity index (χ0v) is 17.6. The molecule has 2 rings (SSSR count). The Morgan fingerprint density at radius 2 is 1.83 bits per heavy atom. The quantitative estimate of drug-likeness (QED) is 0.662. The van der Waals surface area contributed by atoms with E-state index in [0.717, 1.165) is 28.8 Å². The molecule has 6 nitrogen and oxygen atoms in total. The lowest BCUT2D eigenvalue weighted by atomic mass is 10.1. The third-order valence-corrected chi connectivity index (χ3v) is 5.24. The zero-order chi connectivity index (χ0) is 22.5. The molecule has 0 saturated carbocycles. The number of halogens is 3. The number of benzene rings is 2. The maximum absolute atomic E-state index is 13.1. The minimum atomic E-state index is -4.61. The summed E-state index contributed by atoms with van der Waals surface area (Å²) in [5.41, 5.74) is -0.203. The van der Waals surface area contributed by atoms with Gasteiger partial charge in [0.1, 0.15) is 12.3 Å². The van der Waals surface area contributed by atoms with Crippen molar-refractivity contribution in [2.45, 2.75) is 26.4 Å². The summed E-state index contributed by atoms with van der Waals surface area (Å²) in [5.74, 6) is -0.732. The van der Waals surface area contributed by atoms with Gasteiger partial charge in [-0.3, -0.25) is 9.10 Å². The van der Waals surface area contributed by atoms with Crippen LogP contribution in [-0.4, -0.2) is 33.7 Å². The number of para-hydroxylation sites is 1. The van der Waals surface area contributed by atoms with Gasteiger partial charge in [-0.15, -0.1) is 0 Å². The minimum Gasteiger partial charge on any atom is -0.491 e. The van der Waals surface area contributed by atoms with E-state index >= 15 is 0 Å². The number of hydrogen-bond donors (Lipinski definition) is 1. The maximum Gasteiger partial charge on any atom is 0.416 e. The summed E-state index contributed by atoms with van der Waals surface area (Å²) in [5, 5.41) is 2.35. The monoisotopic (exact) mass is 444 g/mol. The number of sulfonamides is 1. The lowest BCUT2D eigenvalue weighted by molar-refractivity contribution is -0.137. The van der Waals surface area contributed by atoms with Gasteiger partial charge in [0.2, 0.25) is 15.9 Å². The lowest BCUT2D eigenvalue weighted by Gasteiger charge is -2.24. The Morgan fingerprint density at radius 1 is 1.17 bits per heavy atom.